The van der Waals surface area contributed by atoms with Gasteiger partial charge in [-0.3, -0.25) is 4.99 Å². The molecular formula is C37H41NO2. The number of aliphatic imine (C=N–C) groups is 1. The van der Waals surface area contributed by atoms with Gasteiger partial charge in [-0.15, -0.1) is 0 Å². The molecule has 3 heteroatoms. The van der Waals surface area contributed by atoms with E-state index in [9.17, 15) is 0 Å². The van der Waals surface area contributed by atoms with Crippen molar-refractivity contribution in [1.82, 2.24) is 0 Å². The highest BCUT2D eigenvalue weighted by Gasteiger charge is 2.59. The zero-order valence-corrected chi connectivity index (χ0v) is 23.7. The van der Waals surface area contributed by atoms with Crippen molar-refractivity contribution in [2.75, 3.05) is 0 Å². The molecule has 0 amide bonds. The van der Waals surface area contributed by atoms with Crippen molar-refractivity contribution >= 4 is 6.21 Å². The lowest BCUT2D eigenvalue weighted by atomic mass is 9.52. The van der Waals surface area contributed by atoms with E-state index in [-0.39, 0.29) is 17.6 Å². The normalized spacial score (nSPS) is 39.4. The van der Waals surface area contributed by atoms with E-state index < -0.39 is 0 Å². The Hall–Kier alpha value is -3.07. The molecule has 1 spiro atoms. The molecule has 0 radical (unpaired) electrons. The quantitative estimate of drug-likeness (QED) is 0.333. The maximum Gasteiger partial charge on any atom is 0.127 e. The fourth-order valence-electron chi connectivity index (χ4n) is 8.98. The van der Waals surface area contributed by atoms with Crippen LogP contribution in [0.25, 0.3) is 0 Å². The summed E-state index contributed by atoms with van der Waals surface area (Å²) in [5, 5.41) is 0. The minimum atomic E-state index is -0.213. The second kappa shape index (κ2) is 9.79. The van der Waals surface area contributed by atoms with E-state index in [1.165, 1.54) is 35.3 Å². The van der Waals surface area contributed by atoms with E-state index in [4.69, 9.17) is 14.5 Å². The zero-order valence-electron chi connectivity index (χ0n) is 23.7. The third kappa shape index (κ3) is 3.72. The average Bonchev–Trinajstić information content (AvgIpc) is 3.01. The van der Waals surface area contributed by atoms with Gasteiger partial charge in [0.2, 0.25) is 0 Å². The largest absolute Gasteiger partial charge is 0.490 e. The molecule has 0 aromatic rings. The lowest BCUT2D eigenvalue weighted by Crippen LogP contribution is -2.51. The maximum atomic E-state index is 7.10. The van der Waals surface area contributed by atoms with E-state index in [0.717, 1.165) is 62.9 Å². The Labute approximate surface area is 239 Å². The van der Waals surface area contributed by atoms with Crippen LogP contribution in [0.1, 0.15) is 71.1 Å². The van der Waals surface area contributed by atoms with Crippen LogP contribution in [-0.2, 0) is 9.47 Å². The van der Waals surface area contributed by atoms with E-state index >= 15 is 0 Å². The Morgan fingerprint density at radius 3 is 2.73 bits per heavy atom. The molecule has 0 bridgehead atoms. The van der Waals surface area contributed by atoms with Gasteiger partial charge in [0.1, 0.15) is 23.4 Å². The summed E-state index contributed by atoms with van der Waals surface area (Å²) in [4.78, 5) is 4.87. The number of fused-ring (bicyclic) bond motifs is 6. The summed E-state index contributed by atoms with van der Waals surface area (Å²) >= 11 is 0. The molecule has 0 aromatic heterocycles. The molecule has 8 rings (SSSR count). The van der Waals surface area contributed by atoms with Crippen molar-refractivity contribution in [3.05, 3.63) is 106 Å². The summed E-state index contributed by atoms with van der Waals surface area (Å²) in [5.74, 6) is 5.27. The monoisotopic (exact) mass is 531 g/mol. The smallest absolute Gasteiger partial charge is 0.127 e. The fraction of sp³-hybridized carbons (Fsp3) is 0.486. The Kier molecular flexibility index (Phi) is 6.04. The molecule has 40 heavy (non-hydrogen) atoms. The van der Waals surface area contributed by atoms with Gasteiger partial charge in [0.25, 0.3) is 0 Å². The standard InChI is InChI=1S/C37H41NO2/c1-24-21-31-36(23-27(24)25-11-3-2-4-12-25)40-35-22-26(32-15-9-10-20-38-32)18-19-30(35)37(31)28-13-5-7-16-33(28)39-34-17-8-6-14-29(34)37/h2-3,5,9-10,13-14,17-20,23-26,28,32-33H,4,6-8,11-12,15-16,21-22H2,1H3/t24?,25?,26?,28?,32?,33?,37-/m1/s1. The van der Waals surface area contributed by atoms with Gasteiger partial charge in [-0.05, 0) is 93.4 Å². The van der Waals surface area contributed by atoms with Crippen LogP contribution in [0.4, 0.5) is 0 Å². The van der Waals surface area contributed by atoms with Gasteiger partial charge in [0, 0.05) is 35.6 Å². The molecule has 7 atom stereocenters. The Bertz CT molecular complexity index is 1410. The van der Waals surface area contributed by atoms with Gasteiger partial charge >= 0.3 is 0 Å². The number of allylic oxidation sites excluding steroid dienone is 13. The highest BCUT2D eigenvalue weighted by Crippen LogP contribution is 2.65. The third-order valence-electron chi connectivity index (χ3n) is 10.8. The van der Waals surface area contributed by atoms with Crippen molar-refractivity contribution in [3.63, 3.8) is 0 Å². The molecule has 0 saturated carbocycles. The number of dihydropyridines is 1. The Morgan fingerprint density at radius 1 is 0.925 bits per heavy atom. The van der Waals surface area contributed by atoms with E-state index in [0.29, 0.717) is 23.7 Å². The highest BCUT2D eigenvalue weighted by atomic mass is 16.5. The van der Waals surface area contributed by atoms with Crippen molar-refractivity contribution in [2.24, 2.45) is 34.1 Å². The number of nitrogens with zero attached hydrogens (tertiary/aromatic N) is 1. The summed E-state index contributed by atoms with van der Waals surface area (Å²) in [6.07, 6.45) is 39.4. The Balaban J connectivity index is 1.31. The molecular weight excluding hydrogens is 490 g/mol. The molecule has 6 unspecified atom stereocenters. The number of ether oxygens (including phenoxy) is 2. The minimum absolute atomic E-state index is 0.204. The first-order chi connectivity index (χ1) is 19.7. The summed E-state index contributed by atoms with van der Waals surface area (Å²) in [6, 6.07) is 0.290. The van der Waals surface area contributed by atoms with Crippen molar-refractivity contribution < 1.29 is 9.47 Å². The van der Waals surface area contributed by atoms with Gasteiger partial charge in [0.05, 0.1) is 11.5 Å². The second-order valence-electron chi connectivity index (χ2n) is 13.0. The minimum Gasteiger partial charge on any atom is -0.490 e. The molecule has 0 aromatic carbocycles. The number of hydrogen-bond acceptors (Lipinski definition) is 3. The SMILES string of the molecule is CC1CC2=C(C=C1C1CC=CCC1)OC1=C(C=CC(C3CC=CC=N3)C1)[C@@]21C2=CCCC=C2OC2CCC=CC21. The van der Waals surface area contributed by atoms with Crippen LogP contribution in [-0.4, -0.2) is 18.4 Å². The van der Waals surface area contributed by atoms with Crippen LogP contribution in [0, 0.1) is 29.1 Å². The number of hydrogen-bond donors (Lipinski definition) is 0. The molecule has 206 valence electrons. The van der Waals surface area contributed by atoms with Crippen LogP contribution in [0.3, 0.4) is 0 Å². The lowest BCUT2D eigenvalue weighted by molar-refractivity contribution is 0.00507. The molecule has 0 N–H and O–H groups in total. The predicted octanol–water partition coefficient (Wildman–Crippen LogP) is 8.78. The van der Waals surface area contributed by atoms with Crippen LogP contribution in [0.5, 0.6) is 0 Å². The fourth-order valence-corrected chi connectivity index (χ4v) is 8.98. The van der Waals surface area contributed by atoms with Gasteiger partial charge in [-0.2, -0.15) is 0 Å². The van der Waals surface area contributed by atoms with Crippen LogP contribution in [0.2, 0.25) is 0 Å². The molecule has 1 fully saturated rings. The van der Waals surface area contributed by atoms with E-state index in [2.05, 4.69) is 73.8 Å². The van der Waals surface area contributed by atoms with Gasteiger partial charge in [0.15, 0.2) is 0 Å². The summed E-state index contributed by atoms with van der Waals surface area (Å²) in [7, 11) is 0. The first-order valence-corrected chi connectivity index (χ1v) is 15.9. The van der Waals surface area contributed by atoms with Gasteiger partial charge < -0.3 is 9.47 Å². The number of rotatable bonds is 2. The van der Waals surface area contributed by atoms with Crippen molar-refractivity contribution in [1.29, 1.82) is 0 Å². The van der Waals surface area contributed by atoms with E-state index in [1.807, 2.05) is 6.21 Å². The second-order valence-corrected chi connectivity index (χ2v) is 13.0. The first-order valence-electron chi connectivity index (χ1n) is 15.9. The maximum absolute atomic E-state index is 7.10. The zero-order chi connectivity index (χ0) is 26.7. The summed E-state index contributed by atoms with van der Waals surface area (Å²) in [6.45, 7) is 2.46. The van der Waals surface area contributed by atoms with Crippen LogP contribution in [0.15, 0.2) is 111 Å². The van der Waals surface area contributed by atoms with Gasteiger partial charge in [-0.25, -0.2) is 0 Å². The third-order valence-corrected chi connectivity index (χ3v) is 10.8. The predicted molar refractivity (Wildman–Crippen MR) is 161 cm³/mol. The Morgan fingerprint density at radius 2 is 1.85 bits per heavy atom. The molecule has 3 aliphatic heterocycles. The lowest BCUT2D eigenvalue weighted by Gasteiger charge is -2.56. The first kappa shape index (κ1) is 24.7. The van der Waals surface area contributed by atoms with Crippen LogP contribution < -0.4 is 0 Å². The highest BCUT2D eigenvalue weighted by molar-refractivity contribution is 5.72. The van der Waals surface area contributed by atoms with Crippen molar-refractivity contribution in [3.8, 4) is 0 Å². The molecule has 5 aliphatic carbocycles. The molecule has 3 heterocycles. The van der Waals surface area contributed by atoms with Gasteiger partial charge in [-0.1, -0.05) is 61.1 Å². The summed E-state index contributed by atoms with van der Waals surface area (Å²) < 4.78 is 13.9. The van der Waals surface area contributed by atoms with E-state index in [1.54, 1.807) is 5.57 Å². The molecule has 8 aliphatic rings. The topological polar surface area (TPSA) is 30.8 Å². The van der Waals surface area contributed by atoms with Crippen molar-refractivity contribution in [2.45, 2.75) is 83.3 Å². The molecule has 3 nitrogen and oxygen atoms in total. The molecule has 1 saturated heterocycles. The average molecular weight is 532 g/mol. The van der Waals surface area contributed by atoms with Crippen LogP contribution >= 0.6 is 0 Å². The summed E-state index contributed by atoms with van der Waals surface area (Å²) in [5.41, 5.74) is 5.69.